The van der Waals surface area contributed by atoms with Crippen molar-refractivity contribution in [1.82, 2.24) is 5.32 Å². The maximum absolute atomic E-state index is 12.9. The van der Waals surface area contributed by atoms with Gasteiger partial charge in [-0.15, -0.1) is 0 Å². The van der Waals surface area contributed by atoms with Gasteiger partial charge < -0.3 is 20.1 Å². The minimum atomic E-state index is -1.39. The molecule has 0 radical (unpaired) electrons. The van der Waals surface area contributed by atoms with Gasteiger partial charge in [-0.2, -0.15) is 0 Å². The van der Waals surface area contributed by atoms with Gasteiger partial charge in [0, 0.05) is 32.1 Å². The molecule has 0 saturated heterocycles. The summed E-state index contributed by atoms with van der Waals surface area (Å²) in [6, 6.07) is 22.2. The first kappa shape index (κ1) is 22.0. The Bertz CT molecular complexity index is 1220. The fraction of sp³-hybridized carbons (Fsp3) is 0.286. The molecule has 1 amide bonds. The molecule has 6 nitrogen and oxygen atoms in total. The van der Waals surface area contributed by atoms with Crippen molar-refractivity contribution in [2.75, 3.05) is 25.6 Å². The molecule has 3 aromatic rings. The van der Waals surface area contributed by atoms with Crippen molar-refractivity contribution >= 4 is 17.7 Å². The van der Waals surface area contributed by atoms with Gasteiger partial charge in [0.15, 0.2) is 0 Å². The molecule has 0 bridgehead atoms. The van der Waals surface area contributed by atoms with Crippen LogP contribution in [0.4, 0.5) is 10.5 Å². The minimum Gasteiger partial charge on any atom is -0.479 e. The van der Waals surface area contributed by atoms with Crippen LogP contribution in [0.1, 0.15) is 34.6 Å². The molecule has 5 rings (SSSR count). The third-order valence-corrected chi connectivity index (χ3v) is 7.12. The van der Waals surface area contributed by atoms with Gasteiger partial charge in [0.1, 0.15) is 12.1 Å². The van der Waals surface area contributed by atoms with E-state index in [1.165, 1.54) is 0 Å². The molecule has 34 heavy (non-hydrogen) atoms. The van der Waals surface area contributed by atoms with Crippen molar-refractivity contribution < 1.29 is 19.4 Å². The highest BCUT2D eigenvalue weighted by atomic mass is 16.5. The van der Waals surface area contributed by atoms with Crippen LogP contribution in [0.3, 0.4) is 0 Å². The number of nitrogens with one attached hydrogen (secondary N) is 1. The molecule has 0 fully saturated rings. The Morgan fingerprint density at radius 1 is 1.00 bits per heavy atom. The van der Waals surface area contributed by atoms with Crippen LogP contribution in [0.5, 0.6) is 0 Å². The van der Waals surface area contributed by atoms with Gasteiger partial charge >= 0.3 is 12.1 Å². The number of rotatable bonds is 5. The van der Waals surface area contributed by atoms with Gasteiger partial charge in [-0.3, -0.25) is 0 Å². The molecule has 6 heteroatoms. The Kier molecular flexibility index (Phi) is 5.52. The quantitative estimate of drug-likeness (QED) is 0.587. The zero-order valence-corrected chi connectivity index (χ0v) is 19.4. The predicted molar refractivity (Wildman–Crippen MR) is 131 cm³/mol. The van der Waals surface area contributed by atoms with E-state index in [1.54, 1.807) is 0 Å². The number of amides is 1. The van der Waals surface area contributed by atoms with Crippen molar-refractivity contribution in [2.24, 2.45) is 0 Å². The summed E-state index contributed by atoms with van der Waals surface area (Å²) in [5.74, 6) is -1.12. The van der Waals surface area contributed by atoms with Crippen LogP contribution in [0.2, 0.25) is 0 Å². The van der Waals surface area contributed by atoms with Gasteiger partial charge in [-0.25, -0.2) is 9.59 Å². The number of anilines is 1. The van der Waals surface area contributed by atoms with Crippen LogP contribution in [0.15, 0.2) is 66.7 Å². The summed E-state index contributed by atoms with van der Waals surface area (Å²) in [4.78, 5) is 27.3. The zero-order valence-electron chi connectivity index (χ0n) is 19.4. The molecule has 2 N–H and O–H groups in total. The van der Waals surface area contributed by atoms with Crippen molar-refractivity contribution in [3.8, 4) is 11.1 Å². The lowest BCUT2D eigenvalue weighted by molar-refractivity contribution is -0.145. The second-order valence-electron chi connectivity index (χ2n) is 9.32. The van der Waals surface area contributed by atoms with E-state index < -0.39 is 17.6 Å². The number of hydrogen-bond acceptors (Lipinski definition) is 4. The monoisotopic (exact) mass is 456 g/mol. The second-order valence-corrected chi connectivity index (χ2v) is 9.32. The van der Waals surface area contributed by atoms with E-state index in [2.05, 4.69) is 29.6 Å². The van der Waals surface area contributed by atoms with Crippen molar-refractivity contribution in [1.29, 1.82) is 0 Å². The first-order valence-electron chi connectivity index (χ1n) is 11.5. The highest BCUT2D eigenvalue weighted by Crippen LogP contribution is 2.44. The summed E-state index contributed by atoms with van der Waals surface area (Å²) in [5.41, 5.74) is 6.31. The highest BCUT2D eigenvalue weighted by Gasteiger charge is 2.44. The second kappa shape index (κ2) is 8.52. The number of fused-ring (bicyclic) bond motifs is 4. The smallest absolute Gasteiger partial charge is 0.408 e. The van der Waals surface area contributed by atoms with Crippen molar-refractivity contribution in [3.05, 3.63) is 89.0 Å². The lowest BCUT2D eigenvalue weighted by Gasteiger charge is -2.36. The summed E-state index contributed by atoms with van der Waals surface area (Å²) in [5, 5.41) is 12.8. The topological polar surface area (TPSA) is 78.9 Å². The Labute approximate surface area is 199 Å². The number of benzene rings is 3. The van der Waals surface area contributed by atoms with Crippen molar-refractivity contribution in [3.63, 3.8) is 0 Å². The molecule has 0 aliphatic heterocycles. The number of alkyl carbamates (subject to hydrolysis) is 1. The van der Waals surface area contributed by atoms with E-state index in [0.717, 1.165) is 39.1 Å². The zero-order chi connectivity index (χ0) is 23.9. The highest BCUT2D eigenvalue weighted by molar-refractivity contribution is 5.86. The summed E-state index contributed by atoms with van der Waals surface area (Å²) in [7, 11) is 3.95. The molecule has 0 aromatic heterocycles. The van der Waals surface area contributed by atoms with E-state index in [0.29, 0.717) is 12.8 Å². The number of carboxylic acids is 1. The third-order valence-electron chi connectivity index (χ3n) is 7.12. The number of nitrogens with zero attached hydrogens (tertiary/aromatic N) is 1. The molecule has 1 unspecified atom stereocenters. The van der Waals surface area contributed by atoms with Crippen LogP contribution in [0, 0.1) is 0 Å². The van der Waals surface area contributed by atoms with Crippen LogP contribution < -0.4 is 10.2 Å². The number of carbonyl (C=O) groups is 2. The molecule has 1 atom stereocenters. The van der Waals surface area contributed by atoms with Crippen molar-refractivity contribution in [2.45, 2.75) is 30.7 Å². The summed E-state index contributed by atoms with van der Waals surface area (Å²) < 4.78 is 5.65. The van der Waals surface area contributed by atoms with Gasteiger partial charge in [0.25, 0.3) is 0 Å². The summed E-state index contributed by atoms with van der Waals surface area (Å²) in [6.07, 6.45) is 0.407. The third kappa shape index (κ3) is 3.69. The SMILES string of the molecule is CN(C)c1cccc2c1CCC(NC(=O)OCC1c3ccccc3-c3ccccc31)(C(=O)O)C2. The molecular weight excluding hydrogens is 428 g/mol. The fourth-order valence-electron chi connectivity index (χ4n) is 5.42. The molecule has 3 aromatic carbocycles. The van der Waals surface area contributed by atoms with E-state index in [1.807, 2.05) is 61.5 Å². The average Bonchev–Trinajstić information content (AvgIpc) is 3.15. The van der Waals surface area contributed by atoms with Gasteiger partial charge in [-0.05, 0) is 52.3 Å². The number of carbonyl (C=O) groups excluding carboxylic acids is 1. The number of aliphatic carboxylic acids is 1. The lowest BCUT2D eigenvalue weighted by atomic mass is 9.77. The minimum absolute atomic E-state index is 0.0753. The maximum atomic E-state index is 12.9. The molecule has 2 aliphatic carbocycles. The van der Waals surface area contributed by atoms with E-state index in [-0.39, 0.29) is 18.9 Å². The Hall–Kier alpha value is -3.80. The number of hydrogen-bond donors (Lipinski definition) is 2. The Balaban J connectivity index is 1.33. The summed E-state index contributed by atoms with van der Waals surface area (Å²) >= 11 is 0. The van der Waals surface area contributed by atoms with Crippen LogP contribution in [0.25, 0.3) is 11.1 Å². The van der Waals surface area contributed by atoms with Crippen LogP contribution >= 0.6 is 0 Å². The van der Waals surface area contributed by atoms with Crippen LogP contribution in [-0.4, -0.2) is 43.4 Å². The van der Waals surface area contributed by atoms with Crippen LogP contribution in [-0.2, 0) is 22.4 Å². The first-order valence-corrected chi connectivity index (χ1v) is 11.5. The Morgan fingerprint density at radius 3 is 2.26 bits per heavy atom. The standard InChI is InChI=1S/C28H28N2O4/c1-30(2)25-13-7-8-18-16-28(26(31)32,15-14-19(18)25)29-27(33)34-17-24-22-11-5-3-9-20(22)21-10-4-6-12-23(21)24/h3-13,24H,14-17H2,1-2H3,(H,29,33)(H,31,32). The largest absolute Gasteiger partial charge is 0.479 e. The first-order chi connectivity index (χ1) is 16.4. The van der Waals surface area contributed by atoms with E-state index >= 15 is 0 Å². The van der Waals surface area contributed by atoms with E-state index in [4.69, 9.17) is 4.74 Å². The number of ether oxygens (including phenoxy) is 1. The molecule has 0 heterocycles. The maximum Gasteiger partial charge on any atom is 0.408 e. The molecule has 0 spiro atoms. The molecule has 174 valence electrons. The van der Waals surface area contributed by atoms with Gasteiger partial charge in [0.2, 0.25) is 0 Å². The summed E-state index contributed by atoms with van der Waals surface area (Å²) in [6.45, 7) is 0.150. The molecule has 2 aliphatic rings. The van der Waals surface area contributed by atoms with Gasteiger partial charge in [-0.1, -0.05) is 60.7 Å². The molecular formula is C28H28N2O4. The normalized spacial score (nSPS) is 18.4. The Morgan fingerprint density at radius 2 is 1.65 bits per heavy atom. The number of carboxylic acid groups (broad SMARTS) is 1. The lowest BCUT2D eigenvalue weighted by Crippen LogP contribution is -2.58. The fourth-order valence-corrected chi connectivity index (χ4v) is 5.42. The van der Waals surface area contributed by atoms with Gasteiger partial charge in [0.05, 0.1) is 0 Å². The molecule has 0 saturated carbocycles. The van der Waals surface area contributed by atoms with E-state index in [9.17, 15) is 14.7 Å². The predicted octanol–water partition coefficient (Wildman–Crippen LogP) is 4.60. The average molecular weight is 457 g/mol.